The van der Waals surface area contributed by atoms with Crippen LogP contribution < -0.4 is 5.32 Å². The van der Waals surface area contributed by atoms with Crippen molar-refractivity contribution in [1.82, 2.24) is 5.32 Å². The third-order valence-corrected chi connectivity index (χ3v) is 2.89. The fourth-order valence-corrected chi connectivity index (χ4v) is 1.65. The number of hydrogen-bond acceptors (Lipinski definition) is 6. The second-order valence-electron chi connectivity index (χ2n) is 6.34. The van der Waals surface area contributed by atoms with E-state index < -0.39 is 30.0 Å². The van der Waals surface area contributed by atoms with Crippen molar-refractivity contribution >= 4 is 12.2 Å². The van der Waals surface area contributed by atoms with E-state index in [9.17, 15) is 14.7 Å². The first-order chi connectivity index (χ1) is 11.2. The molecule has 0 heterocycles. The highest BCUT2D eigenvalue weighted by Gasteiger charge is 2.22. The van der Waals surface area contributed by atoms with Crippen molar-refractivity contribution in [3.05, 3.63) is 35.9 Å². The highest BCUT2D eigenvalue weighted by atomic mass is 16.7. The normalized spacial score (nSPS) is 13.5. The molecule has 0 radical (unpaired) electrons. The van der Waals surface area contributed by atoms with Gasteiger partial charge in [-0.2, -0.15) is 0 Å². The van der Waals surface area contributed by atoms with Crippen molar-refractivity contribution < 1.29 is 28.9 Å². The number of carbonyl (C=O) groups excluding carboxylic acids is 2. The monoisotopic (exact) mass is 339 g/mol. The first-order valence-corrected chi connectivity index (χ1v) is 7.68. The number of carbonyl (C=O) groups is 2. The van der Waals surface area contributed by atoms with Gasteiger partial charge in [-0.15, -0.1) is 0 Å². The first-order valence-electron chi connectivity index (χ1n) is 7.68. The molecule has 2 N–H and O–H groups in total. The van der Waals surface area contributed by atoms with Crippen molar-refractivity contribution in [2.75, 3.05) is 6.61 Å². The van der Waals surface area contributed by atoms with E-state index in [-0.39, 0.29) is 13.2 Å². The Morgan fingerprint density at radius 2 is 1.79 bits per heavy atom. The van der Waals surface area contributed by atoms with Crippen molar-refractivity contribution in [2.24, 2.45) is 0 Å². The minimum absolute atomic E-state index is 0.0848. The van der Waals surface area contributed by atoms with Crippen molar-refractivity contribution in [2.45, 2.75) is 52.0 Å². The van der Waals surface area contributed by atoms with Gasteiger partial charge >= 0.3 is 12.2 Å². The lowest BCUT2D eigenvalue weighted by Crippen LogP contribution is -2.45. The molecule has 1 amide bonds. The molecule has 7 nitrogen and oxygen atoms in total. The van der Waals surface area contributed by atoms with Gasteiger partial charge in [0.1, 0.15) is 24.9 Å². The zero-order valence-electron chi connectivity index (χ0n) is 14.4. The molecule has 7 heteroatoms. The van der Waals surface area contributed by atoms with Crippen LogP contribution in [-0.2, 0) is 20.8 Å². The summed E-state index contributed by atoms with van der Waals surface area (Å²) < 4.78 is 14.8. The molecule has 1 rings (SSSR count). The van der Waals surface area contributed by atoms with Crippen LogP contribution >= 0.6 is 0 Å². The summed E-state index contributed by atoms with van der Waals surface area (Å²) in [7, 11) is 0. The van der Waals surface area contributed by atoms with E-state index in [0.717, 1.165) is 5.56 Å². The Balaban J connectivity index is 2.27. The molecule has 0 aliphatic rings. The Morgan fingerprint density at radius 1 is 1.17 bits per heavy atom. The molecular formula is C17H25NO6. The molecule has 24 heavy (non-hydrogen) atoms. The number of hydrogen-bond donors (Lipinski definition) is 2. The van der Waals surface area contributed by atoms with Gasteiger partial charge in [0.05, 0.1) is 6.04 Å². The molecule has 2 atom stereocenters. The number of ether oxygens (including phenoxy) is 3. The van der Waals surface area contributed by atoms with Crippen LogP contribution in [0, 0.1) is 0 Å². The van der Waals surface area contributed by atoms with E-state index in [1.807, 2.05) is 30.3 Å². The van der Waals surface area contributed by atoms with Gasteiger partial charge < -0.3 is 24.6 Å². The number of alkyl carbamates (subject to hydrolysis) is 1. The highest BCUT2D eigenvalue weighted by Crippen LogP contribution is 2.07. The molecule has 0 saturated carbocycles. The fourth-order valence-electron chi connectivity index (χ4n) is 1.65. The van der Waals surface area contributed by atoms with Gasteiger partial charge in [0.25, 0.3) is 0 Å². The standard InChI is InChI=1S/C17H25NO6/c1-12(18-15(20)24-17(2,3)4)14(19)11-23-16(21)22-10-13-8-6-5-7-9-13/h5-9,12,14,19H,10-11H2,1-4H3,(H,18,20). The largest absolute Gasteiger partial charge is 0.508 e. The number of benzene rings is 1. The molecule has 1 aromatic rings. The Labute approximate surface area is 141 Å². The molecule has 0 fully saturated rings. The van der Waals surface area contributed by atoms with Gasteiger partial charge in [0.15, 0.2) is 0 Å². The lowest BCUT2D eigenvalue weighted by atomic mass is 10.2. The highest BCUT2D eigenvalue weighted by molar-refractivity contribution is 5.68. The van der Waals surface area contributed by atoms with Crippen LogP contribution in [0.25, 0.3) is 0 Å². The molecule has 0 spiro atoms. The minimum Gasteiger partial charge on any atom is -0.444 e. The third-order valence-electron chi connectivity index (χ3n) is 2.89. The van der Waals surface area contributed by atoms with Crippen molar-refractivity contribution in [1.29, 1.82) is 0 Å². The van der Waals surface area contributed by atoms with Crippen LogP contribution in [0.5, 0.6) is 0 Å². The van der Waals surface area contributed by atoms with Crippen molar-refractivity contribution in [3.63, 3.8) is 0 Å². The molecule has 1 aromatic carbocycles. The van der Waals surface area contributed by atoms with E-state index in [1.54, 1.807) is 27.7 Å². The third kappa shape index (κ3) is 8.38. The smallest absolute Gasteiger partial charge is 0.444 e. The van der Waals surface area contributed by atoms with Crippen LogP contribution in [0.3, 0.4) is 0 Å². The van der Waals surface area contributed by atoms with Gasteiger partial charge in [-0.1, -0.05) is 30.3 Å². The Morgan fingerprint density at radius 3 is 2.38 bits per heavy atom. The molecule has 0 bridgehead atoms. The summed E-state index contributed by atoms with van der Waals surface area (Å²) in [5.74, 6) is 0. The van der Waals surface area contributed by atoms with Crippen LogP contribution in [0.15, 0.2) is 30.3 Å². The SMILES string of the molecule is CC(NC(=O)OC(C)(C)C)C(O)COC(=O)OCc1ccccc1. The number of nitrogens with one attached hydrogen (secondary N) is 1. The maximum Gasteiger partial charge on any atom is 0.508 e. The summed E-state index contributed by atoms with van der Waals surface area (Å²) in [5, 5.41) is 12.4. The average Bonchev–Trinajstić information content (AvgIpc) is 2.49. The zero-order valence-corrected chi connectivity index (χ0v) is 14.4. The second-order valence-corrected chi connectivity index (χ2v) is 6.34. The molecule has 0 saturated heterocycles. The maximum atomic E-state index is 11.6. The predicted octanol–water partition coefficient (Wildman–Crippen LogP) is 2.61. The summed E-state index contributed by atoms with van der Waals surface area (Å²) in [6.45, 7) is 6.57. The lowest BCUT2D eigenvalue weighted by Gasteiger charge is -2.24. The topological polar surface area (TPSA) is 94.1 Å². The Hall–Kier alpha value is -2.28. The molecule has 0 aliphatic carbocycles. The summed E-state index contributed by atoms with van der Waals surface area (Å²) in [4.78, 5) is 23.1. The van der Waals surface area contributed by atoms with Gasteiger partial charge in [-0.25, -0.2) is 9.59 Å². The Kier molecular flexibility index (Phi) is 7.51. The Bertz CT molecular complexity index is 526. The van der Waals surface area contributed by atoms with Gasteiger partial charge in [0, 0.05) is 0 Å². The van der Waals surface area contributed by atoms with Gasteiger partial charge in [-0.05, 0) is 33.3 Å². The van der Waals surface area contributed by atoms with Crippen LogP contribution in [0.2, 0.25) is 0 Å². The van der Waals surface area contributed by atoms with E-state index in [4.69, 9.17) is 14.2 Å². The van der Waals surface area contributed by atoms with Crippen LogP contribution in [0.4, 0.5) is 9.59 Å². The summed E-state index contributed by atoms with van der Waals surface area (Å²) >= 11 is 0. The van der Waals surface area contributed by atoms with Crippen LogP contribution in [0.1, 0.15) is 33.3 Å². The maximum absolute atomic E-state index is 11.6. The zero-order chi connectivity index (χ0) is 18.2. The second kappa shape index (κ2) is 9.12. The lowest BCUT2D eigenvalue weighted by molar-refractivity contribution is 0.00292. The number of aliphatic hydroxyl groups excluding tert-OH is 1. The number of rotatable bonds is 6. The molecule has 0 aromatic heterocycles. The molecule has 2 unspecified atom stereocenters. The summed E-state index contributed by atoms with van der Waals surface area (Å²) in [6.07, 6.45) is -2.62. The van der Waals surface area contributed by atoms with Crippen LogP contribution in [-0.4, -0.2) is 41.7 Å². The predicted molar refractivity (Wildman–Crippen MR) is 87.4 cm³/mol. The van der Waals surface area contributed by atoms with E-state index in [0.29, 0.717) is 0 Å². The number of amides is 1. The van der Waals surface area contributed by atoms with Gasteiger partial charge in [-0.3, -0.25) is 0 Å². The molecule has 0 aliphatic heterocycles. The van der Waals surface area contributed by atoms with E-state index in [1.165, 1.54) is 0 Å². The fraction of sp³-hybridized carbons (Fsp3) is 0.529. The van der Waals surface area contributed by atoms with Gasteiger partial charge in [0.2, 0.25) is 0 Å². The first kappa shape index (κ1) is 19.8. The minimum atomic E-state index is -1.08. The van der Waals surface area contributed by atoms with E-state index >= 15 is 0 Å². The van der Waals surface area contributed by atoms with E-state index in [2.05, 4.69) is 5.32 Å². The number of aliphatic hydroxyl groups is 1. The average molecular weight is 339 g/mol. The molecular weight excluding hydrogens is 314 g/mol. The van der Waals surface area contributed by atoms with Crippen molar-refractivity contribution in [3.8, 4) is 0 Å². The molecule has 134 valence electrons. The summed E-state index contributed by atoms with van der Waals surface area (Å²) in [5.41, 5.74) is 0.196. The quantitative estimate of drug-likeness (QED) is 0.774. The summed E-state index contributed by atoms with van der Waals surface area (Å²) in [6, 6.07) is 8.50.